The van der Waals surface area contributed by atoms with Crippen molar-refractivity contribution in [2.75, 3.05) is 6.61 Å². The Balaban J connectivity index is 1.84. The summed E-state index contributed by atoms with van der Waals surface area (Å²) in [5.41, 5.74) is 0.621. The number of aliphatic hydroxyl groups is 1. The zero-order valence-electron chi connectivity index (χ0n) is 10.8. The molecule has 0 bridgehead atoms. The monoisotopic (exact) mass is 326 g/mol. The Hall–Kier alpha value is -1.07. The van der Waals surface area contributed by atoms with Gasteiger partial charge in [0.15, 0.2) is 0 Å². The molecule has 0 aromatic heterocycles. The molecule has 4 nitrogen and oxygen atoms in total. The van der Waals surface area contributed by atoms with E-state index < -0.39 is 5.54 Å². The summed E-state index contributed by atoms with van der Waals surface area (Å²) in [6.45, 7) is 0.490. The summed E-state index contributed by atoms with van der Waals surface area (Å²) < 4.78 is 0.995. The predicted molar refractivity (Wildman–Crippen MR) is 77.8 cm³/mol. The Labute approximate surface area is 121 Å². The predicted octanol–water partition coefficient (Wildman–Crippen LogP) is 2.55. The minimum Gasteiger partial charge on any atom is -0.394 e. The number of hydrogen-bond donors (Lipinski definition) is 3. The van der Waals surface area contributed by atoms with Crippen LogP contribution in [0.25, 0.3) is 0 Å². The maximum Gasteiger partial charge on any atom is 0.315 e. The second kappa shape index (κ2) is 6.39. The van der Waals surface area contributed by atoms with E-state index in [1.165, 1.54) is 0 Å². The highest BCUT2D eigenvalue weighted by molar-refractivity contribution is 9.10. The highest BCUT2D eigenvalue weighted by Crippen LogP contribution is 2.28. The highest BCUT2D eigenvalue weighted by Gasteiger charge is 2.34. The third-order valence-corrected chi connectivity index (χ3v) is 4.08. The van der Waals surface area contributed by atoms with Gasteiger partial charge in [-0.2, -0.15) is 0 Å². The van der Waals surface area contributed by atoms with Crippen LogP contribution >= 0.6 is 15.9 Å². The Morgan fingerprint density at radius 2 is 2.11 bits per heavy atom. The van der Waals surface area contributed by atoms with Crippen molar-refractivity contribution in [2.45, 2.75) is 37.8 Å². The fourth-order valence-electron chi connectivity index (χ4n) is 2.49. The molecule has 2 amide bonds. The fourth-order valence-corrected chi connectivity index (χ4v) is 2.94. The summed E-state index contributed by atoms with van der Waals surface area (Å²) >= 11 is 3.40. The van der Waals surface area contributed by atoms with Gasteiger partial charge in [0.25, 0.3) is 0 Å². The normalized spacial score (nSPS) is 17.2. The van der Waals surface area contributed by atoms with Crippen LogP contribution < -0.4 is 10.6 Å². The number of carbonyl (C=O) groups excluding carboxylic acids is 1. The molecule has 0 heterocycles. The third-order valence-electron chi connectivity index (χ3n) is 3.58. The van der Waals surface area contributed by atoms with Crippen LogP contribution in [0.5, 0.6) is 0 Å². The summed E-state index contributed by atoms with van der Waals surface area (Å²) in [4.78, 5) is 11.9. The molecule has 1 saturated carbocycles. The van der Waals surface area contributed by atoms with Gasteiger partial charge >= 0.3 is 6.03 Å². The number of benzene rings is 1. The van der Waals surface area contributed by atoms with Gasteiger partial charge in [0.1, 0.15) is 0 Å². The third kappa shape index (κ3) is 3.94. The summed E-state index contributed by atoms with van der Waals surface area (Å²) in [6.07, 6.45) is 3.83. The molecule has 1 aromatic rings. The van der Waals surface area contributed by atoms with Crippen molar-refractivity contribution < 1.29 is 9.90 Å². The van der Waals surface area contributed by atoms with Crippen molar-refractivity contribution >= 4 is 22.0 Å². The lowest BCUT2D eigenvalue weighted by Gasteiger charge is -2.28. The smallest absolute Gasteiger partial charge is 0.315 e. The molecule has 0 spiro atoms. The molecule has 104 valence electrons. The fraction of sp³-hybridized carbons (Fsp3) is 0.500. The van der Waals surface area contributed by atoms with Crippen LogP contribution in [-0.2, 0) is 6.54 Å². The van der Waals surface area contributed by atoms with E-state index in [4.69, 9.17) is 0 Å². The molecule has 3 N–H and O–H groups in total. The van der Waals surface area contributed by atoms with Crippen molar-refractivity contribution in [1.82, 2.24) is 10.6 Å². The first-order chi connectivity index (χ1) is 9.13. The number of hydrogen-bond acceptors (Lipinski definition) is 2. The molecule has 0 aliphatic heterocycles. The molecule has 5 heteroatoms. The standard InChI is InChI=1S/C14H19BrN2O2/c15-12-5-3-4-11(8-12)9-16-13(19)17-14(10-18)6-1-2-7-14/h3-5,8,18H,1-2,6-7,9-10H2,(H2,16,17,19). The Bertz CT molecular complexity index is 445. The molecule has 1 aliphatic carbocycles. The number of halogens is 1. The lowest BCUT2D eigenvalue weighted by Crippen LogP contribution is -2.52. The van der Waals surface area contributed by atoms with Crippen LogP contribution in [-0.4, -0.2) is 23.3 Å². The van der Waals surface area contributed by atoms with Gasteiger partial charge in [-0.15, -0.1) is 0 Å². The number of carbonyl (C=O) groups is 1. The average molecular weight is 327 g/mol. The number of nitrogens with one attached hydrogen (secondary N) is 2. The van der Waals surface area contributed by atoms with Crippen LogP contribution in [0, 0.1) is 0 Å². The van der Waals surface area contributed by atoms with E-state index >= 15 is 0 Å². The van der Waals surface area contributed by atoms with Gasteiger partial charge < -0.3 is 15.7 Å². The van der Waals surface area contributed by atoms with Gasteiger partial charge in [0.2, 0.25) is 0 Å². The summed E-state index contributed by atoms with van der Waals surface area (Å²) in [6, 6.07) is 7.60. The molecule has 19 heavy (non-hydrogen) atoms. The van der Waals surface area contributed by atoms with E-state index in [1.807, 2.05) is 24.3 Å². The first-order valence-corrected chi connectivity index (χ1v) is 7.34. The maximum absolute atomic E-state index is 11.9. The summed E-state index contributed by atoms with van der Waals surface area (Å²) in [7, 11) is 0. The second-order valence-corrected chi connectivity index (χ2v) is 6.00. The average Bonchev–Trinajstić information content (AvgIpc) is 2.86. The Morgan fingerprint density at radius 1 is 1.37 bits per heavy atom. The minimum absolute atomic E-state index is 0.0112. The van der Waals surface area contributed by atoms with Crippen molar-refractivity contribution in [3.8, 4) is 0 Å². The Morgan fingerprint density at radius 3 is 2.74 bits per heavy atom. The van der Waals surface area contributed by atoms with Gasteiger partial charge in [-0.3, -0.25) is 0 Å². The molecule has 0 saturated heterocycles. The molecule has 0 radical (unpaired) electrons. The number of aliphatic hydroxyl groups excluding tert-OH is 1. The maximum atomic E-state index is 11.9. The molecular weight excluding hydrogens is 308 g/mol. The topological polar surface area (TPSA) is 61.4 Å². The van der Waals surface area contributed by atoms with Crippen LogP contribution in [0.4, 0.5) is 4.79 Å². The van der Waals surface area contributed by atoms with Gasteiger partial charge in [-0.25, -0.2) is 4.79 Å². The van der Waals surface area contributed by atoms with Crippen LogP contribution in [0.15, 0.2) is 28.7 Å². The van der Waals surface area contributed by atoms with Crippen molar-refractivity contribution in [3.63, 3.8) is 0 Å². The first kappa shape index (κ1) is 14.3. The van der Waals surface area contributed by atoms with Crippen molar-refractivity contribution in [1.29, 1.82) is 0 Å². The van der Waals surface area contributed by atoms with E-state index in [0.717, 1.165) is 35.7 Å². The lowest BCUT2D eigenvalue weighted by molar-refractivity contribution is 0.163. The summed E-state index contributed by atoms with van der Waals surface area (Å²) in [5, 5.41) is 15.2. The van der Waals surface area contributed by atoms with Gasteiger partial charge in [-0.05, 0) is 30.5 Å². The number of amides is 2. The molecule has 1 aliphatic rings. The van der Waals surface area contributed by atoms with E-state index in [2.05, 4.69) is 26.6 Å². The zero-order valence-corrected chi connectivity index (χ0v) is 12.4. The molecular formula is C14H19BrN2O2. The Kier molecular flexibility index (Phi) is 4.82. The van der Waals surface area contributed by atoms with Gasteiger partial charge in [-0.1, -0.05) is 40.9 Å². The number of rotatable bonds is 4. The second-order valence-electron chi connectivity index (χ2n) is 5.08. The summed E-state index contributed by atoms with van der Waals surface area (Å²) in [5.74, 6) is 0. The van der Waals surface area contributed by atoms with E-state index in [1.54, 1.807) is 0 Å². The first-order valence-electron chi connectivity index (χ1n) is 6.55. The van der Waals surface area contributed by atoms with E-state index in [0.29, 0.717) is 6.54 Å². The van der Waals surface area contributed by atoms with E-state index in [9.17, 15) is 9.90 Å². The van der Waals surface area contributed by atoms with E-state index in [-0.39, 0.29) is 12.6 Å². The molecule has 0 unspecified atom stereocenters. The zero-order chi connectivity index (χ0) is 13.7. The molecule has 0 atom stereocenters. The van der Waals surface area contributed by atoms with Crippen LogP contribution in [0.2, 0.25) is 0 Å². The largest absolute Gasteiger partial charge is 0.394 e. The van der Waals surface area contributed by atoms with Gasteiger partial charge in [0.05, 0.1) is 12.1 Å². The van der Waals surface area contributed by atoms with Crippen molar-refractivity contribution in [2.24, 2.45) is 0 Å². The number of urea groups is 1. The quantitative estimate of drug-likeness (QED) is 0.796. The highest BCUT2D eigenvalue weighted by atomic mass is 79.9. The van der Waals surface area contributed by atoms with Crippen LogP contribution in [0.3, 0.4) is 0 Å². The van der Waals surface area contributed by atoms with Crippen molar-refractivity contribution in [3.05, 3.63) is 34.3 Å². The molecule has 1 fully saturated rings. The molecule has 1 aromatic carbocycles. The van der Waals surface area contributed by atoms with Crippen LogP contribution in [0.1, 0.15) is 31.2 Å². The van der Waals surface area contributed by atoms with Gasteiger partial charge in [0, 0.05) is 11.0 Å². The lowest BCUT2D eigenvalue weighted by atomic mass is 9.99. The SMILES string of the molecule is O=C(NCc1cccc(Br)c1)NC1(CO)CCCC1. The molecule has 2 rings (SSSR count). The minimum atomic E-state index is -0.415.